The molecule has 2 heterocycles. The van der Waals surface area contributed by atoms with E-state index in [1.165, 1.54) is 6.07 Å². The predicted molar refractivity (Wildman–Crippen MR) is 73.1 cm³/mol. The molecule has 0 unspecified atom stereocenters. The third-order valence-corrected chi connectivity index (χ3v) is 3.27. The van der Waals surface area contributed by atoms with Gasteiger partial charge in [0.1, 0.15) is 5.65 Å². The Hall–Kier alpha value is -2.27. The van der Waals surface area contributed by atoms with Gasteiger partial charge in [0.2, 0.25) is 0 Å². The zero-order valence-electron chi connectivity index (χ0n) is 10.7. The number of halogens is 2. The third kappa shape index (κ3) is 2.16. The van der Waals surface area contributed by atoms with Gasteiger partial charge in [-0.3, -0.25) is 0 Å². The summed E-state index contributed by atoms with van der Waals surface area (Å²) >= 11 is 0. The first-order valence-electron chi connectivity index (χ1n) is 6.26. The van der Waals surface area contributed by atoms with E-state index in [4.69, 9.17) is 5.73 Å². The molecule has 0 radical (unpaired) electrons. The van der Waals surface area contributed by atoms with Crippen LogP contribution < -0.4 is 5.73 Å². The molecule has 0 aliphatic carbocycles. The lowest BCUT2D eigenvalue weighted by molar-refractivity contribution is 0.506. The monoisotopic (exact) mass is 273 g/mol. The van der Waals surface area contributed by atoms with Crippen molar-refractivity contribution in [3.05, 3.63) is 65.5 Å². The van der Waals surface area contributed by atoms with E-state index in [9.17, 15) is 8.78 Å². The van der Waals surface area contributed by atoms with E-state index >= 15 is 0 Å². The van der Waals surface area contributed by atoms with Crippen LogP contribution in [0.15, 0.2) is 42.7 Å². The molecule has 0 fully saturated rings. The number of nitrogens with zero attached hydrogens (tertiary/aromatic N) is 2. The molecule has 0 spiro atoms. The maximum atomic E-state index is 13.2. The molecule has 3 nitrogen and oxygen atoms in total. The molecule has 20 heavy (non-hydrogen) atoms. The number of rotatable bonds is 3. The van der Waals surface area contributed by atoms with Gasteiger partial charge in [-0.25, -0.2) is 13.8 Å². The lowest BCUT2D eigenvalue weighted by Crippen LogP contribution is -2.00. The summed E-state index contributed by atoms with van der Waals surface area (Å²) in [4.78, 5) is 4.33. The first-order chi connectivity index (χ1) is 9.69. The zero-order chi connectivity index (χ0) is 14.1. The van der Waals surface area contributed by atoms with Gasteiger partial charge in [0, 0.05) is 30.9 Å². The highest BCUT2D eigenvalue weighted by Crippen LogP contribution is 2.20. The van der Waals surface area contributed by atoms with Crippen molar-refractivity contribution < 1.29 is 8.78 Å². The summed E-state index contributed by atoms with van der Waals surface area (Å²) in [5, 5.41) is 0.984. The standard InChI is InChI=1S/C15H13F2N3/c16-13-4-3-10(6-14(13)17)8-20-9-11(7-18)12-2-1-5-19-15(12)20/h1-6,9H,7-8,18H2. The van der Waals surface area contributed by atoms with E-state index in [1.807, 2.05) is 22.9 Å². The van der Waals surface area contributed by atoms with Crippen LogP contribution in [0.4, 0.5) is 8.78 Å². The molecule has 2 N–H and O–H groups in total. The molecule has 3 aromatic rings. The van der Waals surface area contributed by atoms with Crippen LogP contribution in [0.1, 0.15) is 11.1 Å². The summed E-state index contributed by atoms with van der Waals surface area (Å²) in [5.74, 6) is -1.68. The van der Waals surface area contributed by atoms with Crippen LogP contribution in [-0.2, 0) is 13.1 Å². The van der Waals surface area contributed by atoms with Crippen LogP contribution >= 0.6 is 0 Å². The smallest absolute Gasteiger partial charge is 0.159 e. The SMILES string of the molecule is NCc1cn(Cc2ccc(F)c(F)c2)c2ncccc12. The van der Waals surface area contributed by atoms with E-state index in [2.05, 4.69) is 4.98 Å². The van der Waals surface area contributed by atoms with Gasteiger partial charge < -0.3 is 10.3 Å². The Labute approximate surface area is 114 Å². The fraction of sp³-hybridized carbons (Fsp3) is 0.133. The molecule has 0 saturated heterocycles. The molecule has 1 aromatic carbocycles. The molecule has 0 atom stereocenters. The average molecular weight is 273 g/mol. The van der Waals surface area contributed by atoms with Gasteiger partial charge in [0.25, 0.3) is 0 Å². The highest BCUT2D eigenvalue weighted by molar-refractivity contribution is 5.80. The number of nitrogens with two attached hydrogens (primary N) is 1. The van der Waals surface area contributed by atoms with Crippen molar-refractivity contribution in [1.82, 2.24) is 9.55 Å². The van der Waals surface area contributed by atoms with Crippen LogP contribution in [0.25, 0.3) is 11.0 Å². The summed E-state index contributed by atoms with van der Waals surface area (Å²) in [7, 11) is 0. The van der Waals surface area contributed by atoms with Crippen LogP contribution in [0, 0.1) is 11.6 Å². The van der Waals surface area contributed by atoms with Crippen molar-refractivity contribution in [2.45, 2.75) is 13.1 Å². The molecule has 2 aromatic heterocycles. The summed E-state index contributed by atoms with van der Waals surface area (Å²) in [6, 6.07) is 7.70. The molecule has 5 heteroatoms. The normalized spacial score (nSPS) is 11.2. The Balaban J connectivity index is 2.04. The van der Waals surface area contributed by atoms with Gasteiger partial charge in [-0.2, -0.15) is 0 Å². The van der Waals surface area contributed by atoms with Gasteiger partial charge in [-0.1, -0.05) is 6.07 Å². The minimum Gasteiger partial charge on any atom is -0.328 e. The fourth-order valence-electron chi connectivity index (χ4n) is 2.31. The highest BCUT2D eigenvalue weighted by atomic mass is 19.2. The highest BCUT2D eigenvalue weighted by Gasteiger charge is 2.09. The summed E-state index contributed by atoms with van der Waals surface area (Å²) in [6.45, 7) is 0.831. The number of benzene rings is 1. The van der Waals surface area contributed by atoms with Crippen molar-refractivity contribution in [1.29, 1.82) is 0 Å². The lowest BCUT2D eigenvalue weighted by atomic mass is 10.2. The Morgan fingerprint density at radius 3 is 2.75 bits per heavy atom. The first-order valence-corrected chi connectivity index (χ1v) is 6.26. The van der Waals surface area contributed by atoms with Crippen LogP contribution in [0.5, 0.6) is 0 Å². The number of hydrogen-bond donors (Lipinski definition) is 1. The maximum Gasteiger partial charge on any atom is 0.159 e. The Kier molecular flexibility index (Phi) is 3.20. The minimum atomic E-state index is -0.842. The van der Waals surface area contributed by atoms with Crippen molar-refractivity contribution in [3.8, 4) is 0 Å². The first kappa shape index (κ1) is 12.7. The molecular weight excluding hydrogens is 260 g/mol. The number of aromatic nitrogens is 2. The minimum absolute atomic E-state index is 0.410. The second-order valence-electron chi connectivity index (χ2n) is 4.61. The van der Waals surface area contributed by atoms with Gasteiger partial charge in [0.15, 0.2) is 11.6 Å². The molecular formula is C15H13F2N3. The molecule has 0 aliphatic heterocycles. The molecule has 0 saturated carbocycles. The zero-order valence-corrected chi connectivity index (χ0v) is 10.7. The predicted octanol–water partition coefficient (Wildman–Crippen LogP) is 2.82. The largest absolute Gasteiger partial charge is 0.328 e. The number of fused-ring (bicyclic) bond motifs is 1. The molecule has 0 aliphatic rings. The lowest BCUT2D eigenvalue weighted by Gasteiger charge is -2.05. The van der Waals surface area contributed by atoms with Gasteiger partial charge in [0.05, 0.1) is 0 Å². The van der Waals surface area contributed by atoms with Crippen LogP contribution in [0.2, 0.25) is 0 Å². The summed E-state index contributed by atoms with van der Waals surface area (Å²) in [6.07, 6.45) is 3.60. The Morgan fingerprint density at radius 1 is 1.15 bits per heavy atom. The average Bonchev–Trinajstić information content (AvgIpc) is 2.81. The second kappa shape index (κ2) is 5.02. The van der Waals surface area contributed by atoms with E-state index in [1.54, 1.807) is 12.3 Å². The van der Waals surface area contributed by atoms with Crippen molar-refractivity contribution in [2.24, 2.45) is 5.73 Å². The Bertz CT molecular complexity index is 765. The van der Waals surface area contributed by atoms with Gasteiger partial charge in [-0.05, 0) is 35.4 Å². The van der Waals surface area contributed by atoms with E-state index < -0.39 is 11.6 Å². The van der Waals surface area contributed by atoms with E-state index in [0.717, 1.165) is 22.7 Å². The van der Waals surface area contributed by atoms with Crippen molar-refractivity contribution in [3.63, 3.8) is 0 Å². The second-order valence-corrected chi connectivity index (χ2v) is 4.61. The number of hydrogen-bond acceptors (Lipinski definition) is 2. The van der Waals surface area contributed by atoms with Crippen molar-refractivity contribution in [2.75, 3.05) is 0 Å². The van der Waals surface area contributed by atoms with Crippen LogP contribution in [0.3, 0.4) is 0 Å². The van der Waals surface area contributed by atoms with Gasteiger partial charge >= 0.3 is 0 Å². The van der Waals surface area contributed by atoms with E-state index in [-0.39, 0.29) is 0 Å². The summed E-state index contributed by atoms with van der Waals surface area (Å²) in [5.41, 5.74) is 8.16. The molecule has 102 valence electrons. The maximum absolute atomic E-state index is 13.2. The summed E-state index contributed by atoms with van der Waals surface area (Å²) < 4.78 is 28.1. The van der Waals surface area contributed by atoms with E-state index in [0.29, 0.717) is 18.7 Å². The van der Waals surface area contributed by atoms with Gasteiger partial charge in [-0.15, -0.1) is 0 Å². The Morgan fingerprint density at radius 2 is 2.00 bits per heavy atom. The molecule has 3 rings (SSSR count). The van der Waals surface area contributed by atoms with Crippen LogP contribution in [-0.4, -0.2) is 9.55 Å². The fourth-order valence-corrected chi connectivity index (χ4v) is 2.31. The topological polar surface area (TPSA) is 43.8 Å². The molecule has 0 amide bonds. The molecule has 0 bridgehead atoms. The van der Waals surface area contributed by atoms with Crippen molar-refractivity contribution >= 4 is 11.0 Å². The third-order valence-electron chi connectivity index (χ3n) is 3.27. The quantitative estimate of drug-likeness (QED) is 0.797. The number of pyridine rings is 1.